The van der Waals surface area contributed by atoms with Crippen LogP contribution in [0.25, 0.3) is 0 Å². The summed E-state index contributed by atoms with van der Waals surface area (Å²) in [5.41, 5.74) is 0. The van der Waals surface area contributed by atoms with Crippen LogP contribution in [0, 0.1) is 47.3 Å². The number of nitrogens with zero attached hydrogens (tertiary/aromatic N) is 2. The highest BCUT2D eigenvalue weighted by molar-refractivity contribution is 5.06. The molecular formula is C43H82N2. The van der Waals surface area contributed by atoms with Crippen LogP contribution < -0.4 is 0 Å². The highest BCUT2D eigenvalue weighted by Gasteiger charge is 2.47. The lowest BCUT2D eigenvalue weighted by atomic mass is 9.63. The van der Waals surface area contributed by atoms with Crippen LogP contribution >= 0.6 is 0 Å². The van der Waals surface area contributed by atoms with Crippen molar-refractivity contribution < 1.29 is 0 Å². The first kappa shape index (κ1) is 38.8. The summed E-state index contributed by atoms with van der Waals surface area (Å²) in [6.07, 6.45) is 36.5. The van der Waals surface area contributed by atoms with Crippen LogP contribution in [0.5, 0.6) is 0 Å². The highest BCUT2D eigenvalue weighted by atomic mass is 15.4. The van der Waals surface area contributed by atoms with Crippen molar-refractivity contribution in [3.05, 3.63) is 12.4 Å². The molecule has 3 rings (SSSR count). The maximum atomic E-state index is 2.98. The Hall–Kier alpha value is -0.660. The van der Waals surface area contributed by atoms with E-state index in [1.165, 1.54) is 148 Å². The summed E-state index contributed by atoms with van der Waals surface area (Å²) < 4.78 is 0. The first-order valence-electron chi connectivity index (χ1n) is 21.2. The molecule has 0 N–H and O–H groups in total. The van der Waals surface area contributed by atoms with Gasteiger partial charge in [-0.3, -0.25) is 0 Å². The highest BCUT2D eigenvalue weighted by Crippen LogP contribution is 2.49. The van der Waals surface area contributed by atoms with Gasteiger partial charge in [0.05, 0.1) is 6.67 Å². The Balaban J connectivity index is 2.00. The molecule has 0 aromatic heterocycles. The van der Waals surface area contributed by atoms with Crippen LogP contribution in [0.2, 0.25) is 0 Å². The van der Waals surface area contributed by atoms with E-state index in [1.807, 2.05) is 0 Å². The van der Waals surface area contributed by atoms with E-state index in [0.29, 0.717) is 0 Å². The lowest BCUT2D eigenvalue weighted by molar-refractivity contribution is -0.0232. The van der Waals surface area contributed by atoms with E-state index in [-0.39, 0.29) is 0 Å². The molecular weight excluding hydrogens is 544 g/mol. The minimum Gasteiger partial charge on any atom is -0.355 e. The molecule has 2 heteroatoms. The minimum absolute atomic E-state index is 0.746. The topological polar surface area (TPSA) is 6.48 Å². The normalized spacial score (nSPS) is 27.6. The van der Waals surface area contributed by atoms with E-state index in [1.54, 1.807) is 0 Å². The first-order valence-corrected chi connectivity index (χ1v) is 21.2. The van der Waals surface area contributed by atoms with Gasteiger partial charge in [0.25, 0.3) is 0 Å². The van der Waals surface area contributed by atoms with Crippen LogP contribution in [0.1, 0.15) is 197 Å². The summed E-state index contributed by atoms with van der Waals surface area (Å²) in [6, 6.07) is 1.49. The van der Waals surface area contributed by atoms with E-state index in [4.69, 9.17) is 0 Å². The van der Waals surface area contributed by atoms with Gasteiger partial charge in [-0.05, 0) is 73.0 Å². The Morgan fingerprint density at radius 1 is 0.400 bits per heavy atom. The number of hydrogen-bond acceptors (Lipinski definition) is 2. The van der Waals surface area contributed by atoms with Crippen molar-refractivity contribution in [2.45, 2.75) is 209 Å². The lowest BCUT2D eigenvalue weighted by Crippen LogP contribution is -2.54. The van der Waals surface area contributed by atoms with Gasteiger partial charge in [-0.1, -0.05) is 171 Å². The molecule has 0 saturated heterocycles. The quantitative estimate of drug-likeness (QED) is 0.118. The predicted octanol–water partition coefficient (Wildman–Crippen LogP) is 13.5. The monoisotopic (exact) mass is 627 g/mol. The van der Waals surface area contributed by atoms with Gasteiger partial charge in [-0.15, -0.1) is 0 Å². The molecule has 0 bridgehead atoms. The van der Waals surface area contributed by atoms with Gasteiger partial charge in [0.2, 0.25) is 0 Å². The summed E-state index contributed by atoms with van der Waals surface area (Å²) in [5.74, 6) is 7.15. The molecule has 0 amide bonds. The van der Waals surface area contributed by atoms with Crippen molar-refractivity contribution in [1.82, 2.24) is 9.80 Å². The van der Waals surface area contributed by atoms with Gasteiger partial charge in [0, 0.05) is 24.5 Å². The fraction of sp³-hybridized carbons (Fsp3) is 0.953. The minimum atomic E-state index is 0.746. The van der Waals surface area contributed by atoms with Crippen molar-refractivity contribution in [2.75, 3.05) is 6.67 Å². The second kappa shape index (κ2) is 21.3. The predicted molar refractivity (Wildman–Crippen MR) is 200 cm³/mol. The van der Waals surface area contributed by atoms with Crippen molar-refractivity contribution in [1.29, 1.82) is 0 Å². The molecule has 264 valence electrons. The standard InChI is InChI=1S/C43H82N2/c1-9-19-34(20-10-2)38-27-17-28-39(35(21-11-3)22-12-4)42(38)44-31-32-45(33-44)43-40(36(23-13-5)24-14-6)29-18-30-41(43)37(25-15-7)26-16-8/h31-32,34-43H,9-30,33H2,1-8H3. The first-order chi connectivity index (χ1) is 22.0. The number of hydrogen-bond donors (Lipinski definition) is 0. The van der Waals surface area contributed by atoms with Crippen molar-refractivity contribution >= 4 is 0 Å². The summed E-state index contributed by atoms with van der Waals surface area (Å²) >= 11 is 0. The van der Waals surface area contributed by atoms with Crippen LogP contribution in [0.3, 0.4) is 0 Å². The van der Waals surface area contributed by atoms with Crippen molar-refractivity contribution in [3.8, 4) is 0 Å². The van der Waals surface area contributed by atoms with Gasteiger partial charge < -0.3 is 9.80 Å². The molecule has 2 saturated carbocycles. The Kier molecular flexibility index (Phi) is 18.4. The Bertz CT molecular complexity index is 642. The second-order valence-electron chi connectivity index (χ2n) is 16.3. The Morgan fingerprint density at radius 2 is 0.622 bits per heavy atom. The van der Waals surface area contributed by atoms with Gasteiger partial charge >= 0.3 is 0 Å². The third-order valence-electron chi connectivity index (χ3n) is 13.1. The third-order valence-corrected chi connectivity index (χ3v) is 13.1. The zero-order valence-corrected chi connectivity index (χ0v) is 32.1. The fourth-order valence-electron chi connectivity index (χ4n) is 11.6. The van der Waals surface area contributed by atoms with Crippen LogP contribution in [-0.2, 0) is 0 Å². The molecule has 0 radical (unpaired) electrons. The van der Waals surface area contributed by atoms with E-state index >= 15 is 0 Å². The molecule has 4 unspecified atom stereocenters. The SMILES string of the molecule is CCCC(CCC)C1CCCC(C(CCC)CCC)C1N1C=CN(C2C(C(CCC)CCC)CCCC2C(CCC)CCC)C1. The zero-order chi connectivity index (χ0) is 32.6. The molecule has 2 nitrogen and oxygen atoms in total. The van der Waals surface area contributed by atoms with Crippen LogP contribution in [-0.4, -0.2) is 28.6 Å². The Morgan fingerprint density at radius 3 is 0.822 bits per heavy atom. The molecule has 0 aromatic rings. The average Bonchev–Trinajstić information content (AvgIpc) is 3.53. The zero-order valence-electron chi connectivity index (χ0n) is 32.1. The van der Waals surface area contributed by atoms with Crippen molar-refractivity contribution in [2.24, 2.45) is 47.3 Å². The largest absolute Gasteiger partial charge is 0.355 e. The molecule has 0 aromatic carbocycles. The van der Waals surface area contributed by atoms with Crippen LogP contribution in [0.4, 0.5) is 0 Å². The molecule has 3 aliphatic rings. The Labute approximate surface area is 284 Å². The van der Waals surface area contributed by atoms with Crippen LogP contribution in [0.15, 0.2) is 12.4 Å². The molecule has 2 fully saturated rings. The summed E-state index contributed by atoms with van der Waals surface area (Å²) in [4.78, 5) is 5.97. The smallest absolute Gasteiger partial charge is 0.0899 e. The summed E-state index contributed by atoms with van der Waals surface area (Å²) in [7, 11) is 0. The molecule has 2 aliphatic carbocycles. The molecule has 1 heterocycles. The van der Waals surface area contributed by atoms with Crippen molar-refractivity contribution in [3.63, 3.8) is 0 Å². The van der Waals surface area contributed by atoms with E-state index in [0.717, 1.165) is 59.4 Å². The lowest BCUT2D eigenvalue weighted by Gasteiger charge is -2.52. The van der Waals surface area contributed by atoms with E-state index < -0.39 is 0 Å². The van der Waals surface area contributed by atoms with Gasteiger partial charge in [0.1, 0.15) is 0 Å². The third kappa shape index (κ3) is 10.4. The molecule has 4 atom stereocenters. The summed E-state index contributed by atoms with van der Waals surface area (Å²) in [6.45, 7) is 20.8. The maximum absolute atomic E-state index is 2.98. The second-order valence-corrected chi connectivity index (χ2v) is 16.3. The van der Waals surface area contributed by atoms with Gasteiger partial charge in [-0.25, -0.2) is 0 Å². The molecule has 0 spiro atoms. The van der Waals surface area contributed by atoms with Gasteiger partial charge in [0.15, 0.2) is 0 Å². The molecule has 1 aliphatic heterocycles. The average molecular weight is 627 g/mol. The molecule has 45 heavy (non-hydrogen) atoms. The number of rotatable bonds is 22. The van der Waals surface area contributed by atoms with Gasteiger partial charge in [-0.2, -0.15) is 0 Å². The van der Waals surface area contributed by atoms with E-state index in [2.05, 4.69) is 77.6 Å². The fourth-order valence-corrected chi connectivity index (χ4v) is 11.6. The van der Waals surface area contributed by atoms with E-state index in [9.17, 15) is 0 Å². The summed E-state index contributed by atoms with van der Waals surface area (Å²) in [5, 5.41) is 0. The maximum Gasteiger partial charge on any atom is 0.0899 e.